The summed E-state index contributed by atoms with van der Waals surface area (Å²) in [6, 6.07) is 8.04. The van der Waals surface area contributed by atoms with Crippen molar-refractivity contribution in [3.05, 3.63) is 46.0 Å². The quantitative estimate of drug-likeness (QED) is 0.940. The second-order valence-electron chi connectivity index (χ2n) is 4.00. The SMILES string of the molecule is Cc1noc(C[C@@H](N)Cc2ccccc2Br)n1. The average Bonchev–Trinajstić information content (AvgIpc) is 2.67. The molecule has 0 radical (unpaired) electrons. The van der Waals surface area contributed by atoms with E-state index in [4.69, 9.17) is 10.3 Å². The van der Waals surface area contributed by atoms with E-state index in [2.05, 4.69) is 32.1 Å². The fourth-order valence-corrected chi connectivity index (χ4v) is 2.11. The zero-order valence-corrected chi connectivity index (χ0v) is 11.1. The van der Waals surface area contributed by atoms with E-state index in [-0.39, 0.29) is 6.04 Å². The van der Waals surface area contributed by atoms with Gasteiger partial charge in [0.05, 0.1) is 0 Å². The number of hydrogen-bond acceptors (Lipinski definition) is 4. The summed E-state index contributed by atoms with van der Waals surface area (Å²) in [5.74, 6) is 1.25. The van der Waals surface area contributed by atoms with Crippen molar-refractivity contribution >= 4 is 15.9 Å². The molecule has 1 aromatic carbocycles. The van der Waals surface area contributed by atoms with E-state index < -0.39 is 0 Å². The molecule has 4 nitrogen and oxygen atoms in total. The maximum absolute atomic E-state index is 6.07. The average molecular weight is 296 g/mol. The molecule has 0 aliphatic heterocycles. The van der Waals surface area contributed by atoms with Crippen molar-refractivity contribution in [2.24, 2.45) is 5.73 Å². The summed E-state index contributed by atoms with van der Waals surface area (Å²) >= 11 is 3.51. The number of halogens is 1. The van der Waals surface area contributed by atoms with Gasteiger partial charge in [-0.1, -0.05) is 39.3 Å². The van der Waals surface area contributed by atoms with Crippen LogP contribution in [0.4, 0.5) is 0 Å². The van der Waals surface area contributed by atoms with Crippen molar-refractivity contribution in [2.75, 3.05) is 0 Å². The Morgan fingerprint density at radius 1 is 1.35 bits per heavy atom. The van der Waals surface area contributed by atoms with E-state index in [1.165, 1.54) is 5.56 Å². The highest BCUT2D eigenvalue weighted by Crippen LogP contribution is 2.17. The maximum atomic E-state index is 6.07. The molecular weight excluding hydrogens is 282 g/mol. The summed E-state index contributed by atoms with van der Waals surface area (Å²) in [6.07, 6.45) is 1.38. The number of benzene rings is 1. The fraction of sp³-hybridized carbons (Fsp3) is 0.333. The van der Waals surface area contributed by atoms with Crippen molar-refractivity contribution in [2.45, 2.75) is 25.8 Å². The molecule has 0 spiro atoms. The zero-order valence-electron chi connectivity index (χ0n) is 9.56. The van der Waals surface area contributed by atoms with Crippen LogP contribution >= 0.6 is 15.9 Å². The van der Waals surface area contributed by atoms with E-state index in [1.807, 2.05) is 18.2 Å². The Morgan fingerprint density at radius 3 is 2.76 bits per heavy atom. The van der Waals surface area contributed by atoms with Crippen molar-refractivity contribution < 1.29 is 4.52 Å². The molecule has 5 heteroatoms. The van der Waals surface area contributed by atoms with Crippen molar-refractivity contribution in [3.63, 3.8) is 0 Å². The number of aryl methyl sites for hydroxylation is 1. The zero-order chi connectivity index (χ0) is 12.3. The van der Waals surface area contributed by atoms with Crippen molar-refractivity contribution in [1.82, 2.24) is 10.1 Å². The number of rotatable bonds is 4. The minimum absolute atomic E-state index is 0.0199. The largest absolute Gasteiger partial charge is 0.339 e. The molecule has 1 atom stereocenters. The van der Waals surface area contributed by atoms with Gasteiger partial charge in [-0.3, -0.25) is 0 Å². The fourth-order valence-electron chi connectivity index (χ4n) is 1.67. The molecule has 0 fully saturated rings. The lowest BCUT2D eigenvalue weighted by Gasteiger charge is -2.10. The summed E-state index contributed by atoms with van der Waals surface area (Å²) in [7, 11) is 0. The van der Waals surface area contributed by atoms with Crippen molar-refractivity contribution in [1.29, 1.82) is 0 Å². The predicted molar refractivity (Wildman–Crippen MR) is 68.6 cm³/mol. The van der Waals surface area contributed by atoms with Gasteiger partial charge in [-0.2, -0.15) is 4.98 Å². The Kier molecular flexibility index (Phi) is 3.91. The Bertz CT molecular complexity index is 498. The van der Waals surface area contributed by atoms with Gasteiger partial charge in [0.25, 0.3) is 0 Å². The third-order valence-corrected chi connectivity index (χ3v) is 3.22. The number of nitrogens with zero attached hydrogens (tertiary/aromatic N) is 2. The molecule has 90 valence electrons. The van der Waals surface area contributed by atoms with Crippen LogP contribution in [0.25, 0.3) is 0 Å². The van der Waals surface area contributed by atoms with Gasteiger partial charge in [-0.15, -0.1) is 0 Å². The van der Waals surface area contributed by atoms with E-state index in [0.29, 0.717) is 18.1 Å². The molecule has 0 saturated carbocycles. The molecule has 0 unspecified atom stereocenters. The van der Waals surface area contributed by atoms with Gasteiger partial charge in [0, 0.05) is 16.9 Å². The summed E-state index contributed by atoms with van der Waals surface area (Å²) in [6.45, 7) is 1.80. The third-order valence-electron chi connectivity index (χ3n) is 2.45. The highest BCUT2D eigenvalue weighted by atomic mass is 79.9. The van der Waals surface area contributed by atoms with Crippen LogP contribution in [0.1, 0.15) is 17.3 Å². The van der Waals surface area contributed by atoms with Crippen LogP contribution in [0.2, 0.25) is 0 Å². The molecular formula is C12H14BrN3O. The first-order valence-corrected chi connectivity index (χ1v) is 6.22. The third kappa shape index (κ3) is 3.38. The Labute approximate surface area is 108 Å². The van der Waals surface area contributed by atoms with E-state index in [0.717, 1.165) is 10.9 Å². The van der Waals surface area contributed by atoms with Crippen LogP contribution in [-0.2, 0) is 12.8 Å². The molecule has 2 N–H and O–H groups in total. The van der Waals surface area contributed by atoms with E-state index in [1.54, 1.807) is 6.92 Å². The Hall–Kier alpha value is -1.20. The number of nitrogens with two attached hydrogens (primary N) is 1. The lowest BCUT2D eigenvalue weighted by atomic mass is 10.0. The van der Waals surface area contributed by atoms with Gasteiger partial charge in [0.1, 0.15) is 0 Å². The van der Waals surface area contributed by atoms with Crippen LogP contribution in [0.15, 0.2) is 33.3 Å². The first kappa shape index (κ1) is 12.3. The van der Waals surface area contributed by atoms with Crippen LogP contribution in [-0.4, -0.2) is 16.2 Å². The van der Waals surface area contributed by atoms with Crippen LogP contribution in [0, 0.1) is 6.92 Å². The molecule has 2 aromatic rings. The first-order valence-electron chi connectivity index (χ1n) is 5.43. The molecule has 17 heavy (non-hydrogen) atoms. The lowest BCUT2D eigenvalue weighted by Crippen LogP contribution is -2.25. The highest BCUT2D eigenvalue weighted by Gasteiger charge is 2.11. The standard InChI is InChI=1S/C12H14BrN3O/c1-8-15-12(17-16-8)7-10(14)6-9-4-2-3-5-11(9)13/h2-5,10H,6-7,14H2,1H3/t10-/m0/s1. The monoisotopic (exact) mass is 295 g/mol. The topological polar surface area (TPSA) is 64.9 Å². The van der Waals surface area contributed by atoms with Gasteiger partial charge >= 0.3 is 0 Å². The molecule has 2 rings (SSSR count). The van der Waals surface area contributed by atoms with Gasteiger partial charge in [-0.05, 0) is 25.0 Å². The van der Waals surface area contributed by atoms with Gasteiger partial charge < -0.3 is 10.3 Å². The lowest BCUT2D eigenvalue weighted by molar-refractivity contribution is 0.365. The molecule has 0 bridgehead atoms. The first-order chi connectivity index (χ1) is 8.15. The van der Waals surface area contributed by atoms with Crippen LogP contribution in [0.5, 0.6) is 0 Å². The van der Waals surface area contributed by atoms with E-state index in [9.17, 15) is 0 Å². The Morgan fingerprint density at radius 2 is 2.12 bits per heavy atom. The summed E-state index contributed by atoms with van der Waals surface area (Å²) in [4.78, 5) is 4.15. The van der Waals surface area contributed by atoms with Crippen LogP contribution in [0.3, 0.4) is 0 Å². The summed E-state index contributed by atoms with van der Waals surface area (Å²) < 4.78 is 6.13. The molecule has 1 heterocycles. The van der Waals surface area contributed by atoms with Crippen LogP contribution < -0.4 is 5.73 Å². The smallest absolute Gasteiger partial charge is 0.228 e. The minimum atomic E-state index is -0.0199. The predicted octanol–water partition coefficient (Wildman–Crippen LogP) is 2.25. The summed E-state index contributed by atoms with van der Waals surface area (Å²) in [5.41, 5.74) is 7.26. The molecule has 0 amide bonds. The second kappa shape index (κ2) is 5.42. The minimum Gasteiger partial charge on any atom is -0.339 e. The van der Waals surface area contributed by atoms with Gasteiger partial charge in [-0.25, -0.2) is 0 Å². The summed E-state index contributed by atoms with van der Waals surface area (Å²) in [5, 5.41) is 3.74. The number of aromatic nitrogens is 2. The van der Waals surface area contributed by atoms with Crippen molar-refractivity contribution in [3.8, 4) is 0 Å². The number of hydrogen-bond donors (Lipinski definition) is 1. The second-order valence-corrected chi connectivity index (χ2v) is 4.85. The maximum Gasteiger partial charge on any atom is 0.228 e. The van der Waals surface area contributed by atoms with Gasteiger partial charge in [0.2, 0.25) is 5.89 Å². The van der Waals surface area contributed by atoms with Gasteiger partial charge in [0.15, 0.2) is 5.82 Å². The molecule has 0 aliphatic rings. The molecule has 0 aliphatic carbocycles. The highest BCUT2D eigenvalue weighted by molar-refractivity contribution is 9.10. The molecule has 0 saturated heterocycles. The van der Waals surface area contributed by atoms with E-state index >= 15 is 0 Å². The normalized spacial score (nSPS) is 12.6. The Balaban J connectivity index is 1.98. The molecule has 1 aromatic heterocycles.